The predicted octanol–water partition coefficient (Wildman–Crippen LogP) is 0.794. The highest BCUT2D eigenvalue weighted by atomic mass is 32.2. The van der Waals surface area contributed by atoms with Crippen LogP contribution in [0.5, 0.6) is 0 Å². The van der Waals surface area contributed by atoms with Crippen molar-refractivity contribution in [2.24, 2.45) is 12.2 Å². The van der Waals surface area contributed by atoms with Crippen LogP contribution in [0.3, 0.4) is 0 Å². The van der Waals surface area contributed by atoms with Crippen LogP contribution in [-0.4, -0.2) is 48.6 Å². The number of fused-ring (bicyclic) bond motifs is 1. The van der Waals surface area contributed by atoms with E-state index in [4.69, 9.17) is 5.14 Å². The Morgan fingerprint density at radius 1 is 1.33 bits per heavy atom. The molecule has 4 rings (SSSR count). The van der Waals surface area contributed by atoms with Crippen LogP contribution in [0.2, 0.25) is 0 Å². The van der Waals surface area contributed by atoms with E-state index >= 15 is 0 Å². The van der Waals surface area contributed by atoms with Gasteiger partial charge in [-0.2, -0.15) is 5.10 Å². The summed E-state index contributed by atoms with van der Waals surface area (Å²) in [5.74, 6) is 0.0351. The Hall–Kier alpha value is -2.23. The zero-order valence-corrected chi connectivity index (χ0v) is 16.0. The molecule has 0 bridgehead atoms. The average molecular weight is 389 g/mol. The Labute approximate surface area is 158 Å². The molecule has 27 heavy (non-hydrogen) atoms. The lowest BCUT2D eigenvalue weighted by molar-refractivity contribution is -0.119. The van der Waals surface area contributed by atoms with Crippen molar-refractivity contribution in [1.29, 1.82) is 0 Å². The van der Waals surface area contributed by atoms with Gasteiger partial charge in [0.1, 0.15) is 0 Å². The van der Waals surface area contributed by atoms with Crippen molar-refractivity contribution in [1.82, 2.24) is 14.7 Å². The lowest BCUT2D eigenvalue weighted by Gasteiger charge is -2.26. The number of nitrogens with two attached hydrogens (primary N) is 1. The van der Waals surface area contributed by atoms with Gasteiger partial charge in [-0.1, -0.05) is 0 Å². The molecule has 1 atom stereocenters. The first-order valence-electron chi connectivity index (χ1n) is 9.01. The second-order valence-corrected chi connectivity index (χ2v) is 8.77. The van der Waals surface area contributed by atoms with Gasteiger partial charge in [-0.05, 0) is 49.6 Å². The fraction of sp³-hybridized carbons (Fsp3) is 0.444. The van der Waals surface area contributed by atoms with Gasteiger partial charge >= 0.3 is 0 Å². The van der Waals surface area contributed by atoms with E-state index in [1.807, 2.05) is 19.4 Å². The molecule has 8 nitrogen and oxygen atoms in total. The van der Waals surface area contributed by atoms with Crippen LogP contribution in [0.25, 0.3) is 0 Å². The number of rotatable bonds is 4. The van der Waals surface area contributed by atoms with Crippen molar-refractivity contribution in [2.45, 2.75) is 30.2 Å². The third-order valence-corrected chi connectivity index (χ3v) is 6.30. The van der Waals surface area contributed by atoms with Crippen molar-refractivity contribution in [2.75, 3.05) is 24.5 Å². The molecule has 3 heterocycles. The lowest BCUT2D eigenvalue weighted by Crippen LogP contribution is -2.39. The minimum absolute atomic E-state index is 0.0351. The molecular formula is C18H23N5O3S. The van der Waals surface area contributed by atoms with Crippen molar-refractivity contribution in [3.8, 4) is 0 Å². The van der Waals surface area contributed by atoms with Crippen LogP contribution < -0.4 is 10.0 Å². The van der Waals surface area contributed by atoms with Gasteiger partial charge in [-0.25, -0.2) is 13.6 Å². The van der Waals surface area contributed by atoms with E-state index in [9.17, 15) is 13.2 Å². The maximum Gasteiger partial charge on any atom is 0.241 e. The molecule has 0 aliphatic carbocycles. The highest BCUT2D eigenvalue weighted by molar-refractivity contribution is 7.89. The van der Waals surface area contributed by atoms with Gasteiger partial charge in [0.25, 0.3) is 0 Å². The highest BCUT2D eigenvalue weighted by Gasteiger charge is 2.32. The van der Waals surface area contributed by atoms with Crippen molar-refractivity contribution >= 4 is 21.6 Å². The molecule has 1 fully saturated rings. The van der Waals surface area contributed by atoms with E-state index in [2.05, 4.69) is 10.00 Å². The second-order valence-electron chi connectivity index (χ2n) is 7.21. The number of primary sulfonamides is 1. The summed E-state index contributed by atoms with van der Waals surface area (Å²) < 4.78 is 24.9. The van der Waals surface area contributed by atoms with Crippen LogP contribution in [0.4, 0.5) is 5.69 Å². The minimum Gasteiger partial charge on any atom is -0.311 e. The van der Waals surface area contributed by atoms with Crippen molar-refractivity contribution in [3.63, 3.8) is 0 Å². The smallest absolute Gasteiger partial charge is 0.241 e. The zero-order valence-electron chi connectivity index (χ0n) is 15.2. The summed E-state index contributed by atoms with van der Waals surface area (Å²) in [6.07, 6.45) is 6.59. The third-order valence-electron chi connectivity index (χ3n) is 5.39. The van der Waals surface area contributed by atoms with Crippen LogP contribution in [0.15, 0.2) is 35.5 Å². The summed E-state index contributed by atoms with van der Waals surface area (Å²) in [6, 6.07) is 4.94. The monoisotopic (exact) mass is 389 g/mol. The van der Waals surface area contributed by atoms with E-state index in [1.54, 1.807) is 21.7 Å². The zero-order chi connectivity index (χ0) is 19.2. The van der Waals surface area contributed by atoms with E-state index in [-0.39, 0.29) is 16.8 Å². The predicted molar refractivity (Wildman–Crippen MR) is 101 cm³/mol. The number of carbonyl (C=O) groups excluding carboxylic acids is 1. The van der Waals surface area contributed by atoms with Crippen LogP contribution in [0.1, 0.15) is 30.0 Å². The number of amides is 1. The molecular weight excluding hydrogens is 366 g/mol. The summed E-state index contributed by atoms with van der Waals surface area (Å²) in [6.45, 7) is 1.79. The number of hydrogen-bond acceptors (Lipinski definition) is 5. The molecule has 1 saturated heterocycles. The van der Waals surface area contributed by atoms with Gasteiger partial charge in [0.2, 0.25) is 15.9 Å². The number of benzene rings is 1. The number of carbonyl (C=O) groups is 1. The van der Waals surface area contributed by atoms with Gasteiger partial charge < -0.3 is 4.90 Å². The van der Waals surface area contributed by atoms with E-state index in [0.29, 0.717) is 19.5 Å². The maximum absolute atomic E-state index is 12.9. The summed E-state index contributed by atoms with van der Waals surface area (Å²) in [4.78, 5) is 17.0. The molecule has 0 unspecified atom stereocenters. The summed E-state index contributed by atoms with van der Waals surface area (Å²) in [5, 5.41) is 9.45. The fourth-order valence-corrected chi connectivity index (χ4v) is 4.64. The Morgan fingerprint density at radius 3 is 2.85 bits per heavy atom. The molecule has 1 aromatic carbocycles. The van der Waals surface area contributed by atoms with Gasteiger partial charge in [0.05, 0.1) is 17.6 Å². The molecule has 2 N–H and O–H groups in total. The van der Waals surface area contributed by atoms with Gasteiger partial charge in [0.15, 0.2) is 0 Å². The van der Waals surface area contributed by atoms with Crippen molar-refractivity contribution in [3.05, 3.63) is 41.7 Å². The molecule has 1 amide bonds. The summed E-state index contributed by atoms with van der Waals surface area (Å²) >= 11 is 0. The number of aromatic nitrogens is 2. The van der Waals surface area contributed by atoms with Gasteiger partial charge in [-0.3, -0.25) is 14.4 Å². The highest BCUT2D eigenvalue weighted by Crippen LogP contribution is 2.33. The number of hydrogen-bond donors (Lipinski definition) is 1. The second kappa shape index (κ2) is 6.74. The Morgan fingerprint density at radius 2 is 2.15 bits per heavy atom. The Balaban J connectivity index is 1.50. The molecule has 2 aromatic rings. The number of anilines is 1. The normalized spacial score (nSPS) is 20.2. The SMILES string of the molecule is Cn1cc([C@@H]2CCCN2CC(=O)N2CCc3cc(S(N)(=O)=O)ccc32)cn1. The molecule has 2 aliphatic rings. The third kappa shape index (κ3) is 3.50. The molecule has 2 aliphatic heterocycles. The van der Waals surface area contributed by atoms with E-state index < -0.39 is 10.0 Å². The summed E-state index contributed by atoms with van der Waals surface area (Å²) in [7, 11) is -1.84. The molecule has 0 spiro atoms. The topological polar surface area (TPSA) is 102 Å². The minimum atomic E-state index is -3.74. The number of likely N-dealkylation sites (tertiary alicyclic amines) is 1. The first-order chi connectivity index (χ1) is 12.8. The molecule has 1 aromatic heterocycles. The van der Waals surface area contributed by atoms with Crippen molar-refractivity contribution < 1.29 is 13.2 Å². The van der Waals surface area contributed by atoms with E-state index in [1.165, 1.54) is 6.07 Å². The number of aryl methyl sites for hydroxylation is 1. The quantitative estimate of drug-likeness (QED) is 0.833. The van der Waals surface area contributed by atoms with E-state index in [0.717, 1.165) is 36.2 Å². The first-order valence-corrected chi connectivity index (χ1v) is 10.6. The standard InChI is InChI=1S/C18H23N5O3S/c1-21-11-14(10-20-21)16-3-2-7-22(16)12-18(24)23-8-6-13-9-15(27(19,25)26)4-5-17(13)23/h4-5,9-11,16H,2-3,6-8,12H2,1H3,(H2,19,25,26)/t16-/m0/s1. The average Bonchev–Trinajstić information content (AvgIpc) is 3.32. The number of sulfonamides is 1. The Kier molecular flexibility index (Phi) is 4.53. The van der Waals surface area contributed by atoms with Gasteiger partial charge in [0, 0.05) is 37.1 Å². The summed E-state index contributed by atoms with van der Waals surface area (Å²) in [5.41, 5.74) is 2.77. The molecule has 9 heteroatoms. The molecule has 0 radical (unpaired) electrons. The van der Waals surface area contributed by atoms with Crippen LogP contribution >= 0.6 is 0 Å². The lowest BCUT2D eigenvalue weighted by atomic mass is 10.1. The first kappa shape index (κ1) is 18.1. The Bertz CT molecular complexity index is 985. The largest absolute Gasteiger partial charge is 0.311 e. The number of nitrogens with zero attached hydrogens (tertiary/aromatic N) is 4. The maximum atomic E-state index is 12.9. The molecule has 0 saturated carbocycles. The van der Waals surface area contributed by atoms with Gasteiger partial charge in [-0.15, -0.1) is 0 Å². The van der Waals surface area contributed by atoms with Crippen LogP contribution in [0, 0.1) is 0 Å². The fourth-order valence-electron chi connectivity index (χ4n) is 4.08. The van der Waals surface area contributed by atoms with Crippen LogP contribution in [-0.2, 0) is 28.3 Å². The molecule has 144 valence electrons.